The Balaban J connectivity index is 1.55. The van der Waals surface area contributed by atoms with E-state index in [1.165, 1.54) is 42.0 Å². The average molecular weight is 497 g/mol. The molecule has 3 aliphatic rings. The third kappa shape index (κ3) is 4.12. The summed E-state index contributed by atoms with van der Waals surface area (Å²) >= 11 is 0. The van der Waals surface area contributed by atoms with Crippen molar-refractivity contribution in [3.05, 3.63) is 58.2 Å². The molecule has 3 N–H and O–H groups in total. The van der Waals surface area contributed by atoms with Gasteiger partial charge < -0.3 is 15.3 Å². The second-order valence-corrected chi connectivity index (χ2v) is 9.69. The van der Waals surface area contributed by atoms with Gasteiger partial charge in [0.15, 0.2) is 5.69 Å². The van der Waals surface area contributed by atoms with Crippen LogP contribution in [0.15, 0.2) is 35.4 Å². The Bertz CT molecular complexity index is 1390. The number of hydrogen-bond acceptors (Lipinski definition) is 6. The van der Waals surface area contributed by atoms with Gasteiger partial charge in [-0.05, 0) is 54.3 Å². The first kappa shape index (κ1) is 23.6. The van der Waals surface area contributed by atoms with Crippen LogP contribution in [-0.2, 0) is 28.2 Å². The molecule has 6 rings (SSSR count). The van der Waals surface area contributed by atoms with Gasteiger partial charge in [0.05, 0.1) is 5.54 Å². The molecule has 0 radical (unpaired) electrons. The van der Waals surface area contributed by atoms with E-state index in [4.69, 9.17) is 0 Å². The Kier molecular flexibility index (Phi) is 5.81. The number of likely N-dealkylation sites (N-methyl/N-ethyl adjacent to an activating group) is 1. The summed E-state index contributed by atoms with van der Waals surface area (Å²) in [6.45, 7) is 0.725. The number of amides is 2. The molecule has 2 amide bonds. The van der Waals surface area contributed by atoms with Crippen molar-refractivity contribution in [1.82, 2.24) is 29.9 Å². The maximum atomic E-state index is 13.3. The first-order valence-electron chi connectivity index (χ1n) is 11.7. The number of aromatic hydroxyl groups is 1. The number of hydrogen-bond donors (Lipinski definition) is 3. The second-order valence-electron chi connectivity index (χ2n) is 9.69. The Morgan fingerprint density at radius 3 is 2.64 bits per heavy atom. The lowest BCUT2D eigenvalue weighted by atomic mass is 9.77. The first-order valence-corrected chi connectivity index (χ1v) is 11.7. The smallest absolute Gasteiger partial charge is 0.311 e. The minimum absolute atomic E-state index is 0.0398. The van der Waals surface area contributed by atoms with Crippen LogP contribution >= 0.6 is 0 Å². The summed E-state index contributed by atoms with van der Waals surface area (Å²) in [7, 11) is 2.99. The number of H-pyrrole nitrogens is 1. The fourth-order valence-electron chi connectivity index (χ4n) is 5.04. The number of halogens is 1. The van der Waals surface area contributed by atoms with Crippen molar-refractivity contribution in [3.8, 4) is 17.3 Å². The number of nitrogens with one attached hydrogen (secondary N) is 2. The van der Waals surface area contributed by atoms with E-state index in [9.17, 15) is 23.9 Å². The molecule has 1 fully saturated rings. The molecule has 0 saturated heterocycles. The van der Waals surface area contributed by atoms with E-state index in [0.29, 0.717) is 31.8 Å². The van der Waals surface area contributed by atoms with E-state index < -0.39 is 28.7 Å². The molecule has 12 heteroatoms. The fourth-order valence-corrected chi connectivity index (χ4v) is 5.04. The van der Waals surface area contributed by atoms with Gasteiger partial charge in [0.2, 0.25) is 5.75 Å². The molecule has 0 spiro atoms. The molecule has 2 aliphatic heterocycles. The molecule has 4 heterocycles. The van der Waals surface area contributed by atoms with Crippen molar-refractivity contribution < 1.29 is 23.8 Å². The van der Waals surface area contributed by atoms with Crippen molar-refractivity contribution in [3.63, 3.8) is 0 Å². The third-order valence-electron chi connectivity index (χ3n) is 6.99. The molecule has 1 aromatic carbocycles. The second kappa shape index (κ2) is 8.85. The highest BCUT2D eigenvalue weighted by molar-refractivity contribution is 6.35. The topological polar surface area (TPSA) is 137 Å². The minimum Gasteiger partial charge on any atom is -0.501 e. The van der Waals surface area contributed by atoms with E-state index >= 15 is 0 Å². The number of benzene rings is 1. The van der Waals surface area contributed by atoms with Crippen molar-refractivity contribution in [2.45, 2.75) is 44.3 Å². The van der Waals surface area contributed by atoms with Crippen molar-refractivity contribution in [2.75, 3.05) is 14.1 Å². The highest BCUT2D eigenvalue weighted by Crippen LogP contribution is 2.43. The fraction of sp³-hybridized carbons (Fsp3) is 0.417. The molecular weight excluding hydrogens is 469 g/mol. The zero-order valence-corrected chi connectivity index (χ0v) is 20.0. The summed E-state index contributed by atoms with van der Waals surface area (Å²) in [5, 5.41) is 16.7. The van der Waals surface area contributed by atoms with Crippen LogP contribution < -0.4 is 15.6 Å². The van der Waals surface area contributed by atoms with Gasteiger partial charge in [0.1, 0.15) is 18.2 Å². The van der Waals surface area contributed by atoms with Crippen LogP contribution in [0.25, 0.3) is 11.5 Å². The van der Waals surface area contributed by atoms with E-state index in [0.717, 1.165) is 18.4 Å². The zero-order valence-electron chi connectivity index (χ0n) is 20.0. The van der Waals surface area contributed by atoms with E-state index in [2.05, 4.69) is 20.4 Å². The lowest BCUT2D eigenvalue weighted by Gasteiger charge is -2.37. The number of rotatable bonds is 4. The zero-order chi connectivity index (χ0) is 25.6. The van der Waals surface area contributed by atoms with Gasteiger partial charge in [-0.3, -0.25) is 19.0 Å². The third-order valence-corrected chi connectivity index (χ3v) is 6.99. The summed E-state index contributed by atoms with van der Waals surface area (Å²) in [6.07, 6.45) is 4.01. The summed E-state index contributed by atoms with van der Waals surface area (Å²) in [5.41, 5.74) is -0.863. The molecule has 188 valence electrons. The number of aromatic amines is 1. The lowest BCUT2D eigenvalue weighted by Crippen LogP contribution is -2.53. The number of carbonyl (C=O) groups excluding carboxylic acids is 2. The molecule has 3 aromatic rings. The van der Waals surface area contributed by atoms with Crippen LogP contribution in [0.4, 0.5) is 4.39 Å². The highest BCUT2D eigenvalue weighted by atomic mass is 19.1. The highest BCUT2D eigenvalue weighted by Gasteiger charge is 2.46. The van der Waals surface area contributed by atoms with Crippen LogP contribution in [0.1, 0.15) is 37.1 Å². The SMILES string of the molecule is CN(C)C(=O)C(=O)NC12CCC(CC1)Cn1c2nc(-c2nc[n+](Cc3ccc(F)cc3)[nH]2)c(O)c1=O. The van der Waals surface area contributed by atoms with Crippen molar-refractivity contribution in [1.29, 1.82) is 0 Å². The number of aromatic nitrogens is 5. The number of nitrogens with zero attached hydrogens (tertiary/aromatic N) is 5. The van der Waals surface area contributed by atoms with Gasteiger partial charge in [0, 0.05) is 20.6 Å². The normalized spacial score (nSPS) is 20.5. The van der Waals surface area contributed by atoms with Crippen molar-refractivity contribution >= 4 is 11.8 Å². The summed E-state index contributed by atoms with van der Waals surface area (Å²) < 4.78 is 16.2. The van der Waals surface area contributed by atoms with Crippen LogP contribution in [0.2, 0.25) is 0 Å². The standard InChI is InChI=1S/C24H26FN7O4/c1-30(2)22(36)20(34)28-24-9-7-15(8-10-24)12-32-21(35)18(33)17(27-23(24)32)19-26-13-31(29-19)11-14-3-5-16(25)6-4-14/h3-6,13,15H,7-12H2,1-2H3,(H2,28,29,33,34)/p+1. The van der Waals surface area contributed by atoms with Gasteiger partial charge in [-0.25, -0.2) is 9.37 Å². The van der Waals surface area contributed by atoms with Crippen molar-refractivity contribution in [2.24, 2.45) is 5.92 Å². The van der Waals surface area contributed by atoms with E-state index in [-0.39, 0.29) is 23.3 Å². The van der Waals surface area contributed by atoms with E-state index in [1.54, 1.807) is 16.8 Å². The Hall–Kier alpha value is -4.09. The lowest BCUT2D eigenvalue weighted by molar-refractivity contribution is -0.742. The molecule has 1 aliphatic carbocycles. The Morgan fingerprint density at radius 2 is 1.97 bits per heavy atom. The molecular formula is C24H27FN7O4+. The Morgan fingerprint density at radius 1 is 1.28 bits per heavy atom. The molecule has 2 aromatic heterocycles. The number of fused-ring (bicyclic) bond motifs is 2. The van der Waals surface area contributed by atoms with Gasteiger partial charge in [-0.15, -0.1) is 0 Å². The quantitative estimate of drug-likeness (QED) is 0.354. The summed E-state index contributed by atoms with van der Waals surface area (Å²) in [4.78, 5) is 48.5. The molecule has 11 nitrogen and oxygen atoms in total. The van der Waals surface area contributed by atoms with Crippen LogP contribution in [-0.4, -0.2) is 55.5 Å². The largest absolute Gasteiger partial charge is 0.501 e. The van der Waals surface area contributed by atoms with Gasteiger partial charge in [-0.2, -0.15) is 9.78 Å². The molecule has 0 unspecified atom stereocenters. The van der Waals surface area contributed by atoms with E-state index in [1.807, 2.05) is 0 Å². The minimum atomic E-state index is -1.02. The predicted molar refractivity (Wildman–Crippen MR) is 124 cm³/mol. The molecule has 0 atom stereocenters. The van der Waals surface area contributed by atoms with Crippen LogP contribution in [0.5, 0.6) is 5.75 Å². The number of carbonyl (C=O) groups is 2. The van der Waals surface area contributed by atoms with Crippen LogP contribution in [0.3, 0.4) is 0 Å². The Labute approximate surface area is 205 Å². The average Bonchev–Trinajstić information content (AvgIpc) is 3.19. The van der Waals surface area contributed by atoms with Gasteiger partial charge in [0.25, 0.3) is 5.56 Å². The summed E-state index contributed by atoms with van der Waals surface area (Å²) in [6, 6.07) is 6.01. The molecule has 2 bridgehead atoms. The maximum Gasteiger partial charge on any atom is 0.311 e. The monoisotopic (exact) mass is 496 g/mol. The molecule has 1 saturated carbocycles. The van der Waals surface area contributed by atoms with Gasteiger partial charge in [-0.1, -0.05) is 12.1 Å². The predicted octanol–water partition coefficient (Wildman–Crippen LogP) is 0.417. The first-order chi connectivity index (χ1) is 17.2. The van der Waals surface area contributed by atoms with Gasteiger partial charge >= 0.3 is 24.0 Å². The maximum absolute atomic E-state index is 13.3. The molecule has 36 heavy (non-hydrogen) atoms. The summed E-state index contributed by atoms with van der Waals surface area (Å²) in [5.74, 6) is -1.68. The van der Waals surface area contributed by atoms with Crippen LogP contribution in [0, 0.1) is 11.7 Å².